The second-order valence-electron chi connectivity index (χ2n) is 7.07. The van der Waals surface area contributed by atoms with Crippen LogP contribution in [0.25, 0.3) is 10.9 Å². The Bertz CT molecular complexity index is 951. The average molecular weight is 384 g/mol. The molecule has 0 saturated carbocycles. The SMILES string of the molecule is COC1(c2cccc(S(C)(O)c3ccc4ncccc4c3)c2)CCOCC1. The van der Waals surface area contributed by atoms with Gasteiger partial charge in [-0.05, 0) is 48.2 Å². The maximum Gasteiger partial charge on any atom is 0.0971 e. The Balaban J connectivity index is 1.75. The summed E-state index contributed by atoms with van der Waals surface area (Å²) < 4.78 is 23.0. The Labute approximate surface area is 161 Å². The lowest BCUT2D eigenvalue weighted by molar-refractivity contribution is -0.0948. The van der Waals surface area contributed by atoms with Gasteiger partial charge in [0.2, 0.25) is 0 Å². The monoisotopic (exact) mass is 383 g/mol. The van der Waals surface area contributed by atoms with Crippen LogP contribution in [0.15, 0.2) is 70.6 Å². The van der Waals surface area contributed by atoms with Crippen molar-refractivity contribution < 1.29 is 14.0 Å². The molecule has 5 heteroatoms. The summed E-state index contributed by atoms with van der Waals surface area (Å²) >= 11 is 0. The second kappa shape index (κ2) is 7.24. The van der Waals surface area contributed by atoms with Gasteiger partial charge >= 0.3 is 0 Å². The van der Waals surface area contributed by atoms with E-state index in [1.54, 1.807) is 13.3 Å². The topological polar surface area (TPSA) is 51.6 Å². The van der Waals surface area contributed by atoms with Crippen LogP contribution in [0.3, 0.4) is 0 Å². The maximum absolute atomic E-state index is 11.5. The summed E-state index contributed by atoms with van der Waals surface area (Å²) in [6.45, 7) is 1.39. The normalized spacial score (nSPS) is 20.1. The van der Waals surface area contributed by atoms with Crippen molar-refractivity contribution in [3.05, 3.63) is 66.4 Å². The fourth-order valence-electron chi connectivity index (χ4n) is 3.78. The first-order chi connectivity index (χ1) is 13.0. The molecule has 4 rings (SSSR count). The summed E-state index contributed by atoms with van der Waals surface area (Å²) in [4.78, 5) is 6.24. The number of benzene rings is 2. The van der Waals surface area contributed by atoms with Crippen molar-refractivity contribution in [1.82, 2.24) is 4.98 Å². The standard InChI is InChI=1S/C22H25NO3S/c1-25-22(10-13-26-14-11-22)18-6-3-7-19(16-18)27(2,24)20-8-9-21-17(15-20)5-4-12-23-21/h3-9,12,15-16,24H,10-11,13-14H2,1-2H3. The molecule has 0 spiro atoms. The number of fused-ring (bicyclic) bond motifs is 1. The van der Waals surface area contributed by atoms with Crippen molar-refractivity contribution in [2.45, 2.75) is 28.2 Å². The smallest absolute Gasteiger partial charge is 0.0971 e. The van der Waals surface area contributed by atoms with E-state index in [1.807, 2.05) is 48.7 Å². The number of hydrogen-bond acceptors (Lipinski definition) is 4. The molecule has 0 aliphatic carbocycles. The lowest BCUT2D eigenvalue weighted by Crippen LogP contribution is -2.35. The molecule has 1 unspecified atom stereocenters. The van der Waals surface area contributed by atoms with Gasteiger partial charge in [-0.3, -0.25) is 4.98 Å². The van der Waals surface area contributed by atoms with Gasteiger partial charge < -0.3 is 14.0 Å². The summed E-state index contributed by atoms with van der Waals surface area (Å²) in [6, 6.07) is 18.2. The van der Waals surface area contributed by atoms with Crippen molar-refractivity contribution in [3.63, 3.8) is 0 Å². The highest BCUT2D eigenvalue weighted by Crippen LogP contribution is 2.57. The van der Waals surface area contributed by atoms with Crippen molar-refractivity contribution >= 4 is 21.2 Å². The van der Waals surface area contributed by atoms with Gasteiger partial charge in [0.1, 0.15) is 0 Å². The minimum atomic E-state index is -2.14. The number of aromatic nitrogens is 1. The first-order valence-corrected chi connectivity index (χ1v) is 11.1. The summed E-state index contributed by atoms with van der Waals surface area (Å²) in [6.07, 6.45) is 5.36. The lowest BCUT2D eigenvalue weighted by Gasteiger charge is -2.38. The van der Waals surface area contributed by atoms with Gasteiger partial charge in [0.15, 0.2) is 0 Å². The number of methoxy groups -OCH3 is 1. The summed E-state index contributed by atoms with van der Waals surface area (Å²) in [7, 11) is -0.378. The number of pyridine rings is 1. The van der Waals surface area contributed by atoms with E-state index in [0.29, 0.717) is 13.2 Å². The van der Waals surface area contributed by atoms with Gasteiger partial charge in [0.25, 0.3) is 0 Å². The van der Waals surface area contributed by atoms with E-state index in [2.05, 4.69) is 17.1 Å². The second-order valence-corrected chi connectivity index (χ2v) is 9.77. The predicted molar refractivity (Wildman–Crippen MR) is 110 cm³/mol. The van der Waals surface area contributed by atoms with Gasteiger partial charge in [-0.15, -0.1) is 0 Å². The lowest BCUT2D eigenvalue weighted by atomic mass is 9.86. The fourth-order valence-corrected chi connectivity index (χ4v) is 5.44. The van der Waals surface area contributed by atoms with Crippen LogP contribution in [0, 0.1) is 0 Å². The molecule has 1 aromatic heterocycles. The third-order valence-electron chi connectivity index (χ3n) is 5.54. The van der Waals surface area contributed by atoms with Crippen LogP contribution in [0.5, 0.6) is 0 Å². The number of rotatable bonds is 4. The minimum absolute atomic E-state index is 0.336. The molecule has 27 heavy (non-hydrogen) atoms. The van der Waals surface area contributed by atoms with E-state index in [0.717, 1.165) is 39.1 Å². The Morgan fingerprint density at radius 3 is 2.59 bits per heavy atom. The fraction of sp³-hybridized carbons (Fsp3) is 0.318. The molecular weight excluding hydrogens is 358 g/mol. The first kappa shape index (κ1) is 18.4. The zero-order chi connectivity index (χ0) is 18.9. The van der Waals surface area contributed by atoms with Crippen LogP contribution >= 0.6 is 10.3 Å². The third-order valence-corrected chi connectivity index (χ3v) is 7.89. The van der Waals surface area contributed by atoms with Gasteiger partial charge in [0, 0.05) is 54.5 Å². The molecular formula is C22H25NO3S. The largest absolute Gasteiger partial charge is 0.381 e. The van der Waals surface area contributed by atoms with Crippen LogP contribution in [0.1, 0.15) is 18.4 Å². The molecule has 1 aliphatic heterocycles. The molecule has 142 valence electrons. The van der Waals surface area contributed by atoms with Crippen LogP contribution in [0.4, 0.5) is 0 Å². The predicted octanol–water partition coefficient (Wildman–Crippen LogP) is 5.21. The summed E-state index contributed by atoms with van der Waals surface area (Å²) in [5.74, 6) is 0. The van der Waals surface area contributed by atoms with Gasteiger partial charge in [-0.25, -0.2) is 0 Å². The quantitative estimate of drug-likeness (QED) is 0.672. The molecule has 1 aliphatic rings. The highest BCUT2D eigenvalue weighted by atomic mass is 32.3. The number of nitrogens with zero attached hydrogens (tertiary/aromatic N) is 1. The van der Waals surface area contributed by atoms with Crippen molar-refractivity contribution in [2.75, 3.05) is 26.6 Å². The van der Waals surface area contributed by atoms with Gasteiger partial charge in [-0.2, -0.15) is 0 Å². The Kier molecular flexibility index (Phi) is 4.95. The maximum atomic E-state index is 11.5. The molecule has 1 N–H and O–H groups in total. The van der Waals surface area contributed by atoms with E-state index in [9.17, 15) is 4.55 Å². The highest BCUT2D eigenvalue weighted by molar-refractivity contribution is 8.28. The zero-order valence-electron chi connectivity index (χ0n) is 15.7. The van der Waals surface area contributed by atoms with E-state index < -0.39 is 10.3 Å². The van der Waals surface area contributed by atoms with Crippen LogP contribution in [-0.2, 0) is 15.1 Å². The average Bonchev–Trinajstić information content (AvgIpc) is 2.74. The molecule has 2 heterocycles. The summed E-state index contributed by atoms with van der Waals surface area (Å²) in [5, 5.41) is 1.04. The Morgan fingerprint density at radius 2 is 1.81 bits per heavy atom. The number of ether oxygens (including phenoxy) is 2. The van der Waals surface area contributed by atoms with E-state index in [-0.39, 0.29) is 5.60 Å². The van der Waals surface area contributed by atoms with E-state index in [1.165, 1.54) is 0 Å². The molecule has 1 saturated heterocycles. The molecule has 1 fully saturated rings. The van der Waals surface area contributed by atoms with Crippen molar-refractivity contribution in [1.29, 1.82) is 0 Å². The highest BCUT2D eigenvalue weighted by Gasteiger charge is 2.35. The first-order valence-electron chi connectivity index (χ1n) is 9.14. The molecule has 4 nitrogen and oxygen atoms in total. The molecule has 0 radical (unpaired) electrons. The Hall–Kier alpha value is -1.92. The third kappa shape index (κ3) is 3.36. The van der Waals surface area contributed by atoms with E-state index >= 15 is 0 Å². The van der Waals surface area contributed by atoms with Gasteiger partial charge in [0.05, 0.1) is 11.1 Å². The van der Waals surface area contributed by atoms with Crippen molar-refractivity contribution in [3.8, 4) is 0 Å². The van der Waals surface area contributed by atoms with Crippen LogP contribution in [-0.4, -0.2) is 36.1 Å². The molecule has 2 aromatic carbocycles. The van der Waals surface area contributed by atoms with E-state index in [4.69, 9.17) is 9.47 Å². The zero-order valence-corrected chi connectivity index (χ0v) is 16.5. The minimum Gasteiger partial charge on any atom is -0.381 e. The Morgan fingerprint density at radius 1 is 1.04 bits per heavy atom. The molecule has 0 bridgehead atoms. The van der Waals surface area contributed by atoms with Gasteiger partial charge in [-0.1, -0.05) is 28.5 Å². The summed E-state index contributed by atoms with van der Waals surface area (Å²) in [5.41, 5.74) is 1.71. The number of hydrogen-bond donors (Lipinski definition) is 1. The van der Waals surface area contributed by atoms with Crippen LogP contribution in [0.2, 0.25) is 0 Å². The molecule has 0 amide bonds. The molecule has 3 aromatic rings. The van der Waals surface area contributed by atoms with Crippen LogP contribution < -0.4 is 0 Å². The van der Waals surface area contributed by atoms with Crippen molar-refractivity contribution in [2.24, 2.45) is 0 Å². The molecule has 1 atom stereocenters.